The van der Waals surface area contributed by atoms with Gasteiger partial charge in [-0.25, -0.2) is 14.5 Å². The van der Waals surface area contributed by atoms with Gasteiger partial charge in [0.05, 0.1) is 35.4 Å². The summed E-state index contributed by atoms with van der Waals surface area (Å²) in [6, 6.07) is 24.8. The molecule has 3 aromatic heterocycles. The second-order valence-electron chi connectivity index (χ2n) is 19.3. The number of aromatic nitrogens is 4. The fourth-order valence-corrected chi connectivity index (χ4v) is 10.1. The fourth-order valence-electron chi connectivity index (χ4n) is 10.1. The summed E-state index contributed by atoms with van der Waals surface area (Å²) < 4.78 is 16.6. The highest BCUT2D eigenvalue weighted by atomic mass is 19.1. The monoisotopic (exact) mass is 991 g/mol. The summed E-state index contributed by atoms with van der Waals surface area (Å²) in [5.74, 6) is -1.12. The molecule has 3 aliphatic heterocycles. The van der Waals surface area contributed by atoms with Crippen LogP contribution >= 0.6 is 0 Å². The highest BCUT2D eigenvalue weighted by molar-refractivity contribution is 6.03. The molecule has 9 rings (SSSR count). The van der Waals surface area contributed by atoms with E-state index in [0.717, 1.165) is 61.2 Å². The molecule has 18 heteroatoms. The number of fused-ring (bicyclic) bond motifs is 1. The van der Waals surface area contributed by atoms with E-state index < -0.39 is 11.7 Å². The van der Waals surface area contributed by atoms with Gasteiger partial charge < -0.3 is 29.9 Å². The van der Waals surface area contributed by atoms with Crippen molar-refractivity contribution < 1.29 is 23.6 Å². The number of aryl methyl sites for hydroxylation is 2. The van der Waals surface area contributed by atoms with Crippen LogP contribution in [0.25, 0.3) is 21.9 Å². The van der Waals surface area contributed by atoms with E-state index in [1.165, 1.54) is 16.7 Å². The van der Waals surface area contributed by atoms with Crippen molar-refractivity contribution in [1.82, 2.24) is 49.6 Å². The molecule has 0 atom stereocenters. The minimum atomic E-state index is -0.615. The third kappa shape index (κ3) is 12.3. The molecule has 6 aromatic rings. The Balaban J connectivity index is 0.724. The molecule has 0 unspecified atom stereocenters. The van der Waals surface area contributed by atoms with Gasteiger partial charge in [-0.1, -0.05) is 61.5 Å². The molecule has 3 fully saturated rings. The average molecular weight is 992 g/mol. The van der Waals surface area contributed by atoms with Gasteiger partial charge >= 0.3 is 0 Å². The van der Waals surface area contributed by atoms with E-state index in [4.69, 9.17) is 0 Å². The molecule has 0 bridgehead atoms. The van der Waals surface area contributed by atoms with E-state index in [1.54, 1.807) is 64.5 Å². The van der Waals surface area contributed by atoms with Gasteiger partial charge in [0.25, 0.3) is 17.4 Å². The molecule has 380 valence electrons. The SMILES string of the molecule is CCc1cccc(-c2cnc(C(=O)N3CCN(CC4CCN(CC(=O)N5CCN(C(=O)c6cc(Cc7n[nH]c(=O)c8ccccc78)ccc6F)CC5)CC4)CC3)c(NC(=O)CNCc3ccc(=O)n(C)c3)c2)c1. The van der Waals surface area contributed by atoms with Crippen LogP contribution in [-0.2, 0) is 36.0 Å². The summed E-state index contributed by atoms with van der Waals surface area (Å²) in [6.45, 7) is 9.08. The second kappa shape index (κ2) is 23.0. The van der Waals surface area contributed by atoms with Crippen molar-refractivity contribution in [3.05, 3.63) is 157 Å². The number of anilines is 1. The van der Waals surface area contributed by atoms with Crippen LogP contribution in [0.2, 0.25) is 0 Å². The average Bonchev–Trinajstić information content (AvgIpc) is 3.41. The van der Waals surface area contributed by atoms with Crippen LogP contribution in [0.4, 0.5) is 10.1 Å². The van der Waals surface area contributed by atoms with Crippen molar-refractivity contribution in [3.63, 3.8) is 0 Å². The summed E-state index contributed by atoms with van der Waals surface area (Å²) in [4.78, 5) is 93.1. The first kappa shape index (κ1) is 50.5. The standard InChI is InChI=1S/C55H62FN11O6/c1-3-37-7-6-8-41(27-37)42-30-48(59-49(68)33-57-31-40-12-14-50(69)62(2)34-40)52(58-32-42)55(73)67-21-19-64(20-22-67)35-38-15-17-63(18-16-38)36-51(70)65-23-25-66(26-24-65)54(72)45-28-39(11-13-46(45)56)29-47-43-9-4-5-10-44(43)53(71)61-60-47/h4-14,27-28,30,32,34,38,57H,3,15-26,29,31,33,35-36H2,1-2H3,(H,59,68)(H,61,71). The first-order valence-corrected chi connectivity index (χ1v) is 25.2. The number of rotatable bonds is 15. The lowest BCUT2D eigenvalue weighted by atomic mass is 9.96. The Labute approximate surface area is 423 Å². The lowest BCUT2D eigenvalue weighted by molar-refractivity contribution is -0.134. The third-order valence-electron chi connectivity index (χ3n) is 14.4. The number of benzene rings is 3. The van der Waals surface area contributed by atoms with Crippen LogP contribution < -0.4 is 21.8 Å². The van der Waals surface area contributed by atoms with E-state index in [1.807, 2.05) is 30.3 Å². The molecule has 3 aliphatic rings. The molecule has 0 radical (unpaired) electrons. The molecule has 17 nitrogen and oxygen atoms in total. The Morgan fingerprint density at radius 3 is 2.19 bits per heavy atom. The number of amides is 4. The van der Waals surface area contributed by atoms with E-state index in [9.17, 15) is 28.8 Å². The minimum absolute atomic E-state index is 0.0113. The number of pyridine rings is 2. The maximum Gasteiger partial charge on any atom is 0.274 e. The van der Waals surface area contributed by atoms with Crippen LogP contribution in [0, 0.1) is 11.7 Å². The Hall–Kier alpha value is -7.41. The highest BCUT2D eigenvalue weighted by Gasteiger charge is 2.31. The van der Waals surface area contributed by atoms with E-state index in [-0.39, 0.29) is 46.6 Å². The molecular formula is C55H62FN11O6. The van der Waals surface area contributed by atoms with E-state index in [0.29, 0.717) is 106 Å². The molecule has 6 heterocycles. The zero-order chi connectivity index (χ0) is 51.0. The van der Waals surface area contributed by atoms with Crippen LogP contribution in [-0.4, -0.2) is 153 Å². The maximum atomic E-state index is 15.1. The molecule has 3 N–H and O–H groups in total. The van der Waals surface area contributed by atoms with Gasteiger partial charge in [0, 0.05) is 108 Å². The molecule has 0 spiro atoms. The zero-order valence-electron chi connectivity index (χ0n) is 41.4. The Morgan fingerprint density at radius 1 is 0.726 bits per heavy atom. The Kier molecular flexibility index (Phi) is 15.9. The first-order valence-electron chi connectivity index (χ1n) is 25.2. The Morgan fingerprint density at radius 2 is 1.44 bits per heavy atom. The topological polar surface area (TPSA) is 189 Å². The summed E-state index contributed by atoms with van der Waals surface area (Å²) in [7, 11) is 1.68. The smallest absolute Gasteiger partial charge is 0.274 e. The predicted molar refractivity (Wildman–Crippen MR) is 277 cm³/mol. The second-order valence-corrected chi connectivity index (χ2v) is 19.3. The minimum Gasteiger partial charge on any atom is -0.338 e. The molecule has 0 saturated carbocycles. The summed E-state index contributed by atoms with van der Waals surface area (Å²) in [5.41, 5.74) is 5.17. The molecule has 3 aromatic carbocycles. The summed E-state index contributed by atoms with van der Waals surface area (Å²) in [5, 5.41) is 14.1. The van der Waals surface area contributed by atoms with Crippen molar-refractivity contribution in [2.24, 2.45) is 13.0 Å². The van der Waals surface area contributed by atoms with Crippen molar-refractivity contribution in [2.45, 2.75) is 39.2 Å². The number of carbonyl (C=O) groups is 4. The molecule has 3 saturated heterocycles. The summed E-state index contributed by atoms with van der Waals surface area (Å²) in [6.07, 6.45) is 6.49. The number of piperazine rings is 2. The number of carbonyl (C=O) groups excluding carboxylic acids is 4. The fraction of sp³-hybridized carbons (Fsp3) is 0.382. The number of hydrogen-bond donors (Lipinski definition) is 3. The zero-order valence-corrected chi connectivity index (χ0v) is 41.4. The van der Waals surface area contributed by atoms with Crippen LogP contribution in [0.5, 0.6) is 0 Å². The van der Waals surface area contributed by atoms with Gasteiger partial charge in [0.15, 0.2) is 5.69 Å². The molecule has 4 amide bonds. The number of nitrogens with zero attached hydrogens (tertiary/aromatic N) is 8. The van der Waals surface area contributed by atoms with Gasteiger partial charge in [0.1, 0.15) is 5.82 Å². The largest absolute Gasteiger partial charge is 0.338 e. The van der Waals surface area contributed by atoms with Crippen molar-refractivity contribution in [3.8, 4) is 11.1 Å². The number of piperidine rings is 1. The van der Waals surface area contributed by atoms with Gasteiger partial charge in [-0.2, -0.15) is 5.10 Å². The lowest BCUT2D eigenvalue weighted by Gasteiger charge is -2.39. The van der Waals surface area contributed by atoms with Crippen molar-refractivity contribution >= 4 is 40.1 Å². The quantitative estimate of drug-likeness (QED) is 0.134. The molecule has 73 heavy (non-hydrogen) atoms. The van der Waals surface area contributed by atoms with Gasteiger partial charge in [-0.15, -0.1) is 0 Å². The Bertz CT molecular complexity index is 3120. The van der Waals surface area contributed by atoms with E-state index >= 15 is 4.39 Å². The predicted octanol–water partition coefficient (Wildman–Crippen LogP) is 4.16. The van der Waals surface area contributed by atoms with Crippen molar-refractivity contribution in [1.29, 1.82) is 0 Å². The van der Waals surface area contributed by atoms with Crippen LogP contribution in [0.1, 0.15) is 63.0 Å². The highest BCUT2D eigenvalue weighted by Crippen LogP contribution is 2.28. The molecular weight excluding hydrogens is 930 g/mol. The van der Waals surface area contributed by atoms with Crippen LogP contribution in [0.3, 0.4) is 0 Å². The van der Waals surface area contributed by atoms with E-state index in [2.05, 4.69) is 54.7 Å². The van der Waals surface area contributed by atoms with Crippen molar-refractivity contribution in [2.75, 3.05) is 90.4 Å². The number of H-pyrrole nitrogens is 1. The maximum absolute atomic E-state index is 15.1. The van der Waals surface area contributed by atoms with Crippen LogP contribution in [0.15, 0.2) is 107 Å². The number of hydrogen-bond acceptors (Lipinski definition) is 11. The third-order valence-corrected chi connectivity index (χ3v) is 14.4. The number of nitrogens with one attached hydrogen (secondary N) is 3. The van der Waals surface area contributed by atoms with Gasteiger partial charge in [-0.05, 0) is 84.8 Å². The van der Waals surface area contributed by atoms with Gasteiger partial charge in [0.2, 0.25) is 17.4 Å². The summed E-state index contributed by atoms with van der Waals surface area (Å²) >= 11 is 0. The van der Waals surface area contributed by atoms with Gasteiger partial charge in [-0.3, -0.25) is 38.6 Å². The lowest BCUT2D eigenvalue weighted by Crippen LogP contribution is -2.53. The molecule has 0 aliphatic carbocycles. The number of likely N-dealkylation sites (tertiary alicyclic amines) is 1. The number of halogens is 1. The first-order chi connectivity index (χ1) is 35.4. The normalized spacial score (nSPS) is 16.0. The number of aromatic amines is 1.